The first-order valence-corrected chi connectivity index (χ1v) is 16.6. The second-order valence-electron chi connectivity index (χ2n) is 13.7. The van der Waals surface area contributed by atoms with Crippen molar-refractivity contribution in [2.75, 3.05) is 32.9 Å². The van der Waals surface area contributed by atoms with Gasteiger partial charge in [-0.05, 0) is 68.2 Å². The molecule has 0 bridgehead atoms. The van der Waals surface area contributed by atoms with Gasteiger partial charge in [0.2, 0.25) is 5.88 Å². The molecule has 8 rings (SSSR count). The van der Waals surface area contributed by atoms with E-state index in [9.17, 15) is 9.90 Å². The highest BCUT2D eigenvalue weighted by Gasteiger charge is 2.34. The summed E-state index contributed by atoms with van der Waals surface area (Å²) in [6.07, 6.45) is 5.08. The molecule has 5 aromatic rings. The number of fused-ring (bicyclic) bond motifs is 2. The van der Waals surface area contributed by atoms with Crippen LogP contribution in [0.5, 0.6) is 5.88 Å². The Bertz CT molecular complexity index is 1920. The fraction of sp³-hybridized carbons (Fsp3) is 0.444. The van der Waals surface area contributed by atoms with Gasteiger partial charge in [0.1, 0.15) is 12.4 Å². The minimum Gasteiger partial charge on any atom is -0.478 e. The number of carboxylic acids is 1. The molecular weight excluding hydrogens is 596 g/mol. The van der Waals surface area contributed by atoms with Crippen molar-refractivity contribution in [3.8, 4) is 5.88 Å². The maximum Gasteiger partial charge on any atom is 0.335 e. The van der Waals surface area contributed by atoms with Crippen LogP contribution in [0.1, 0.15) is 59.5 Å². The predicted octanol–water partition coefficient (Wildman–Crippen LogP) is 5.26. The lowest BCUT2D eigenvalue weighted by atomic mass is 9.89. The highest BCUT2D eigenvalue weighted by molar-refractivity contribution is 5.92. The first kappa shape index (κ1) is 30.0. The Morgan fingerprint density at radius 1 is 1.04 bits per heavy atom. The molecule has 1 N–H and O–H groups in total. The summed E-state index contributed by atoms with van der Waals surface area (Å²) < 4.78 is 21.6. The Balaban J connectivity index is 0.904. The lowest BCUT2D eigenvalue weighted by molar-refractivity contribution is -0.111. The van der Waals surface area contributed by atoms with Crippen molar-refractivity contribution in [2.45, 2.75) is 64.4 Å². The molecule has 0 radical (unpaired) electrons. The van der Waals surface area contributed by atoms with Gasteiger partial charge >= 0.3 is 5.97 Å². The topological polar surface area (TPSA) is 117 Å². The quantitative estimate of drug-likeness (QED) is 0.207. The molecule has 6 heterocycles. The third kappa shape index (κ3) is 6.22. The van der Waals surface area contributed by atoms with Crippen molar-refractivity contribution in [3.05, 3.63) is 83.4 Å². The number of likely N-dealkylation sites (tertiary alicyclic amines) is 1. The molecule has 0 unspecified atom stereocenters. The normalized spacial score (nSPS) is 19.9. The molecule has 2 aromatic carbocycles. The number of nitrogens with zero attached hydrogens (tertiary/aromatic N) is 6. The number of ether oxygens (including phenoxy) is 3. The van der Waals surface area contributed by atoms with Crippen LogP contribution < -0.4 is 4.74 Å². The summed E-state index contributed by atoms with van der Waals surface area (Å²) >= 11 is 0. The zero-order valence-corrected chi connectivity index (χ0v) is 26.7. The van der Waals surface area contributed by atoms with Crippen molar-refractivity contribution in [1.82, 2.24) is 29.2 Å². The van der Waals surface area contributed by atoms with Crippen molar-refractivity contribution >= 4 is 27.9 Å². The molecule has 0 saturated carbocycles. The van der Waals surface area contributed by atoms with E-state index in [1.165, 1.54) is 0 Å². The van der Waals surface area contributed by atoms with E-state index in [1.54, 1.807) is 12.1 Å². The summed E-state index contributed by atoms with van der Waals surface area (Å²) in [6, 6.07) is 17.6. The molecule has 244 valence electrons. The second kappa shape index (κ2) is 12.4. The number of hydrogen-bond donors (Lipinski definition) is 1. The minimum atomic E-state index is -0.930. The number of hydrogen-bond acceptors (Lipinski definition) is 8. The van der Waals surface area contributed by atoms with Gasteiger partial charge in [-0.25, -0.2) is 14.8 Å². The molecule has 1 atom stereocenters. The number of carboxylic acid groups (broad SMARTS) is 1. The molecule has 0 aliphatic carbocycles. The highest BCUT2D eigenvalue weighted by Crippen LogP contribution is 2.32. The van der Waals surface area contributed by atoms with Gasteiger partial charge in [0.25, 0.3) is 0 Å². The summed E-state index contributed by atoms with van der Waals surface area (Å²) in [7, 11) is 0. The zero-order chi connectivity index (χ0) is 32.0. The van der Waals surface area contributed by atoms with Crippen molar-refractivity contribution in [1.29, 1.82) is 0 Å². The molecule has 3 fully saturated rings. The summed E-state index contributed by atoms with van der Waals surface area (Å²) in [6.45, 7) is 9.10. The third-order valence-corrected chi connectivity index (χ3v) is 9.90. The maximum atomic E-state index is 11.7. The summed E-state index contributed by atoms with van der Waals surface area (Å²) in [5.41, 5.74) is 5.37. The van der Waals surface area contributed by atoms with Crippen LogP contribution in [0, 0.1) is 5.41 Å². The van der Waals surface area contributed by atoms with Crippen molar-refractivity contribution < 1.29 is 24.1 Å². The molecule has 11 nitrogen and oxygen atoms in total. The van der Waals surface area contributed by atoms with E-state index in [1.807, 2.05) is 24.4 Å². The number of imidazole rings is 1. The molecule has 3 aliphatic rings. The second-order valence-corrected chi connectivity index (χ2v) is 13.7. The van der Waals surface area contributed by atoms with Crippen LogP contribution in [-0.2, 0) is 35.7 Å². The van der Waals surface area contributed by atoms with Gasteiger partial charge in [-0.3, -0.25) is 9.58 Å². The first-order chi connectivity index (χ1) is 22.9. The average molecular weight is 637 g/mol. The Morgan fingerprint density at radius 2 is 1.89 bits per heavy atom. The van der Waals surface area contributed by atoms with Gasteiger partial charge in [0, 0.05) is 35.1 Å². The maximum absolute atomic E-state index is 11.7. The Kier molecular flexibility index (Phi) is 7.90. The molecule has 0 spiro atoms. The van der Waals surface area contributed by atoms with Crippen LogP contribution in [0.2, 0.25) is 0 Å². The van der Waals surface area contributed by atoms with E-state index in [2.05, 4.69) is 50.4 Å². The van der Waals surface area contributed by atoms with E-state index in [4.69, 9.17) is 24.2 Å². The van der Waals surface area contributed by atoms with Crippen LogP contribution in [0.25, 0.3) is 21.9 Å². The van der Waals surface area contributed by atoms with Crippen LogP contribution in [0.15, 0.2) is 60.8 Å². The number of piperidine rings is 1. The summed E-state index contributed by atoms with van der Waals surface area (Å²) in [4.78, 5) is 23.9. The van der Waals surface area contributed by atoms with Gasteiger partial charge in [-0.2, -0.15) is 5.10 Å². The number of benzene rings is 2. The number of aromatic carboxylic acids is 1. The molecule has 3 saturated heterocycles. The van der Waals surface area contributed by atoms with Gasteiger partial charge in [0.15, 0.2) is 0 Å². The summed E-state index contributed by atoms with van der Waals surface area (Å²) in [5.74, 6) is 1.03. The van der Waals surface area contributed by atoms with Crippen LogP contribution in [0.3, 0.4) is 0 Å². The van der Waals surface area contributed by atoms with E-state index >= 15 is 0 Å². The third-order valence-electron chi connectivity index (χ3n) is 9.90. The number of pyridine rings is 1. The minimum absolute atomic E-state index is 0.141. The SMILES string of the molecule is CC1(Cn2ncc3ccc(COc4cccc(C5CCN(Cc6nc7ccc(C(=O)O)cc7n6C[C@@H]6CCO6)CC5)n4)cc32)COC1. The molecule has 3 aromatic heterocycles. The van der Waals surface area contributed by atoms with Crippen molar-refractivity contribution in [3.63, 3.8) is 0 Å². The average Bonchev–Trinajstić information content (AvgIpc) is 3.60. The van der Waals surface area contributed by atoms with E-state index in [0.717, 1.165) is 97.7 Å². The lowest BCUT2D eigenvalue weighted by Crippen LogP contribution is -2.43. The number of rotatable bonds is 11. The summed E-state index contributed by atoms with van der Waals surface area (Å²) in [5, 5.41) is 15.3. The molecule has 47 heavy (non-hydrogen) atoms. The standard InChI is InChI=1S/C36H40N6O5/c1-36(22-45-23-36)21-42-31-15-24(5-6-27(31)17-37-42)20-47-34-4-2-3-29(39-34)25-9-12-40(13-10-25)19-33-38-30-8-7-26(35(43)44)16-32(30)41(33)18-28-11-14-46-28/h2-8,15-17,25,28H,9-14,18-23H2,1H3,(H,43,44)/t28-/m0/s1. The lowest BCUT2D eigenvalue weighted by Gasteiger charge is -2.37. The smallest absolute Gasteiger partial charge is 0.335 e. The largest absolute Gasteiger partial charge is 0.478 e. The van der Waals surface area contributed by atoms with E-state index in [0.29, 0.717) is 31.5 Å². The van der Waals surface area contributed by atoms with Crippen LogP contribution in [-0.4, -0.2) is 79.3 Å². The van der Waals surface area contributed by atoms with E-state index < -0.39 is 5.97 Å². The molecule has 3 aliphatic heterocycles. The molecule has 0 amide bonds. The molecular formula is C36H40N6O5. The fourth-order valence-electron chi connectivity index (χ4n) is 6.98. The predicted molar refractivity (Wildman–Crippen MR) is 176 cm³/mol. The van der Waals surface area contributed by atoms with Gasteiger partial charge in [-0.1, -0.05) is 25.1 Å². The molecule has 11 heteroatoms. The van der Waals surface area contributed by atoms with E-state index in [-0.39, 0.29) is 17.1 Å². The van der Waals surface area contributed by atoms with Crippen LogP contribution >= 0.6 is 0 Å². The highest BCUT2D eigenvalue weighted by atomic mass is 16.5. The van der Waals surface area contributed by atoms with Gasteiger partial charge < -0.3 is 23.9 Å². The zero-order valence-electron chi connectivity index (χ0n) is 26.7. The number of carbonyl (C=O) groups is 1. The first-order valence-electron chi connectivity index (χ1n) is 16.6. The number of aromatic nitrogens is 5. The van der Waals surface area contributed by atoms with Gasteiger partial charge in [0.05, 0.1) is 67.3 Å². The Labute approximate surface area is 273 Å². The fourth-order valence-corrected chi connectivity index (χ4v) is 6.98. The Hall–Kier alpha value is -4.32. The van der Waals surface area contributed by atoms with Gasteiger partial charge in [-0.15, -0.1) is 0 Å². The van der Waals surface area contributed by atoms with Crippen LogP contribution in [0.4, 0.5) is 0 Å². The Morgan fingerprint density at radius 3 is 2.64 bits per heavy atom. The van der Waals surface area contributed by atoms with Crippen molar-refractivity contribution in [2.24, 2.45) is 5.41 Å². The monoisotopic (exact) mass is 636 g/mol.